The number of carbonyl (C=O) groups is 1. The van der Waals surface area contributed by atoms with Crippen LogP contribution in [-0.4, -0.2) is 32.5 Å². The van der Waals surface area contributed by atoms with E-state index in [1.807, 2.05) is 0 Å². The lowest BCUT2D eigenvalue weighted by atomic mass is 10.4. The van der Waals surface area contributed by atoms with E-state index in [1.54, 1.807) is 0 Å². The van der Waals surface area contributed by atoms with Gasteiger partial charge < -0.3 is 5.11 Å². The first kappa shape index (κ1) is 8.63. The van der Waals surface area contributed by atoms with E-state index in [1.165, 1.54) is 11.7 Å². The number of nitrogens with zero attached hydrogens (tertiary/aromatic N) is 3. The number of carboxylic acids is 1. The van der Waals surface area contributed by atoms with Crippen molar-refractivity contribution in [3.63, 3.8) is 0 Å². The van der Waals surface area contributed by atoms with Gasteiger partial charge in [-0.2, -0.15) is 0 Å². The average molecular weight is 173 g/mol. The van der Waals surface area contributed by atoms with Crippen molar-refractivity contribution in [2.24, 2.45) is 7.05 Å². The largest absolute Gasteiger partial charge is 0.475 e. The average Bonchev–Trinajstić information content (AvgIpc) is 2.34. The molecule has 0 aliphatic carbocycles. The molecule has 0 aliphatic rings. The highest BCUT2D eigenvalue weighted by molar-refractivity contribution is 5.82. The molecule has 1 heterocycles. The van der Waals surface area contributed by atoms with Crippen LogP contribution in [0.2, 0.25) is 0 Å². The molecule has 5 nitrogen and oxygen atoms in total. The summed E-state index contributed by atoms with van der Waals surface area (Å²) in [5.41, 5.74) is 0. The van der Waals surface area contributed by atoms with E-state index in [0.717, 1.165) is 0 Å². The highest BCUT2D eigenvalue weighted by Crippen LogP contribution is 1.97. The van der Waals surface area contributed by atoms with Crippen molar-refractivity contribution in [1.29, 1.82) is 0 Å². The zero-order chi connectivity index (χ0) is 9.14. The monoisotopic (exact) mass is 173 g/mol. The first-order valence-corrected chi connectivity index (χ1v) is 3.34. The van der Waals surface area contributed by atoms with E-state index in [0.29, 0.717) is 5.82 Å². The summed E-state index contributed by atoms with van der Waals surface area (Å²) < 4.78 is 13.1. The minimum Gasteiger partial charge on any atom is -0.475 e. The molecule has 0 aliphatic heterocycles. The Morgan fingerprint density at radius 3 is 2.83 bits per heavy atom. The van der Waals surface area contributed by atoms with Crippen LogP contribution < -0.4 is 0 Å². The van der Waals surface area contributed by atoms with Gasteiger partial charge in [0.25, 0.3) is 5.82 Å². The molecule has 0 saturated heterocycles. The van der Waals surface area contributed by atoms with Crippen LogP contribution in [0.15, 0.2) is 0 Å². The molecular formula is C6H8FN3O2. The number of hydrogen-bond donors (Lipinski definition) is 1. The normalized spacial score (nSPS) is 10.2. The smallest absolute Gasteiger partial charge is 0.375 e. The van der Waals surface area contributed by atoms with Gasteiger partial charge in [0.15, 0.2) is 0 Å². The van der Waals surface area contributed by atoms with E-state index in [2.05, 4.69) is 10.1 Å². The van der Waals surface area contributed by atoms with Gasteiger partial charge in [-0.25, -0.2) is 9.78 Å². The van der Waals surface area contributed by atoms with Crippen LogP contribution in [0.25, 0.3) is 0 Å². The summed E-state index contributed by atoms with van der Waals surface area (Å²) >= 11 is 0. The summed E-state index contributed by atoms with van der Waals surface area (Å²) in [7, 11) is 1.53. The van der Waals surface area contributed by atoms with Gasteiger partial charge in [-0.05, 0) is 0 Å². The molecule has 1 aromatic rings. The van der Waals surface area contributed by atoms with Gasteiger partial charge in [0.1, 0.15) is 5.82 Å². The van der Waals surface area contributed by atoms with E-state index in [4.69, 9.17) is 5.11 Å². The second-order valence-corrected chi connectivity index (χ2v) is 2.22. The second kappa shape index (κ2) is 3.29. The maximum atomic E-state index is 11.8. The molecule has 1 N–H and O–H groups in total. The molecule has 0 atom stereocenters. The second-order valence-electron chi connectivity index (χ2n) is 2.22. The van der Waals surface area contributed by atoms with Gasteiger partial charge in [0.05, 0.1) is 6.67 Å². The molecule has 0 aromatic carbocycles. The Hall–Kier alpha value is -1.46. The van der Waals surface area contributed by atoms with Crippen molar-refractivity contribution in [1.82, 2.24) is 14.8 Å². The molecule has 1 aromatic heterocycles. The molecular weight excluding hydrogens is 165 g/mol. The predicted octanol–water partition coefficient (Wildman–Crippen LogP) is 0.0253. The van der Waals surface area contributed by atoms with E-state index in [-0.39, 0.29) is 12.2 Å². The van der Waals surface area contributed by atoms with Crippen molar-refractivity contribution in [3.05, 3.63) is 11.6 Å². The minimum absolute atomic E-state index is 0.0940. The molecule has 66 valence electrons. The Balaban J connectivity index is 2.92. The molecule has 0 unspecified atom stereocenters. The van der Waals surface area contributed by atoms with Crippen molar-refractivity contribution in [2.45, 2.75) is 6.42 Å². The lowest BCUT2D eigenvalue weighted by Crippen LogP contribution is -2.00. The molecule has 12 heavy (non-hydrogen) atoms. The third-order valence-corrected chi connectivity index (χ3v) is 1.36. The first-order chi connectivity index (χ1) is 5.65. The third kappa shape index (κ3) is 1.58. The van der Waals surface area contributed by atoms with Crippen molar-refractivity contribution < 1.29 is 14.3 Å². The van der Waals surface area contributed by atoms with Gasteiger partial charge in [-0.15, -0.1) is 5.10 Å². The number of halogens is 1. The number of carboxylic acid groups (broad SMARTS) is 1. The Morgan fingerprint density at radius 2 is 2.42 bits per heavy atom. The first-order valence-electron chi connectivity index (χ1n) is 3.34. The summed E-state index contributed by atoms with van der Waals surface area (Å²) in [5.74, 6) is -1.15. The predicted molar refractivity (Wildman–Crippen MR) is 37.6 cm³/mol. The SMILES string of the molecule is Cn1nc(C(=O)O)nc1CCF. The van der Waals surface area contributed by atoms with Gasteiger partial charge in [-0.3, -0.25) is 9.07 Å². The Morgan fingerprint density at radius 1 is 1.75 bits per heavy atom. The molecule has 0 amide bonds. The van der Waals surface area contributed by atoms with Crippen molar-refractivity contribution in [3.8, 4) is 0 Å². The van der Waals surface area contributed by atoms with E-state index < -0.39 is 12.6 Å². The standard InChI is InChI=1S/C6H8FN3O2/c1-10-4(2-3-7)8-5(9-10)6(11)12/h2-3H2,1H3,(H,11,12). The van der Waals surface area contributed by atoms with Crippen LogP contribution >= 0.6 is 0 Å². The summed E-state index contributed by atoms with van der Waals surface area (Å²) in [6, 6.07) is 0. The molecule has 0 bridgehead atoms. The van der Waals surface area contributed by atoms with Crippen LogP contribution in [0.3, 0.4) is 0 Å². The number of hydrogen-bond acceptors (Lipinski definition) is 3. The number of alkyl halides is 1. The molecule has 6 heteroatoms. The number of aryl methyl sites for hydroxylation is 2. The lowest BCUT2D eigenvalue weighted by molar-refractivity contribution is 0.0683. The van der Waals surface area contributed by atoms with Crippen molar-refractivity contribution >= 4 is 5.97 Å². The van der Waals surface area contributed by atoms with Crippen LogP contribution in [0.1, 0.15) is 16.4 Å². The Labute approximate surface area is 67.8 Å². The maximum absolute atomic E-state index is 11.8. The van der Waals surface area contributed by atoms with Gasteiger partial charge in [0, 0.05) is 13.5 Å². The molecule has 0 spiro atoms. The Bertz CT molecular complexity index is 297. The maximum Gasteiger partial charge on any atom is 0.375 e. The lowest BCUT2D eigenvalue weighted by Gasteiger charge is -1.92. The summed E-state index contributed by atoms with van der Waals surface area (Å²) in [4.78, 5) is 13.9. The molecule has 0 fully saturated rings. The zero-order valence-electron chi connectivity index (χ0n) is 6.49. The highest BCUT2D eigenvalue weighted by atomic mass is 19.1. The van der Waals surface area contributed by atoms with Crippen LogP contribution in [0, 0.1) is 0 Å². The topological polar surface area (TPSA) is 68.0 Å². The molecule has 1 rings (SSSR count). The fourth-order valence-electron chi connectivity index (χ4n) is 0.810. The van der Waals surface area contributed by atoms with Crippen LogP contribution in [-0.2, 0) is 13.5 Å². The minimum atomic E-state index is -1.20. The number of aromatic carboxylic acids is 1. The van der Waals surface area contributed by atoms with Crippen molar-refractivity contribution in [2.75, 3.05) is 6.67 Å². The summed E-state index contributed by atoms with van der Waals surface area (Å²) in [6.07, 6.45) is 0.0940. The van der Waals surface area contributed by atoms with E-state index >= 15 is 0 Å². The third-order valence-electron chi connectivity index (χ3n) is 1.36. The fraction of sp³-hybridized carbons (Fsp3) is 0.500. The van der Waals surface area contributed by atoms with Gasteiger partial charge in [0.2, 0.25) is 0 Å². The summed E-state index contributed by atoms with van der Waals surface area (Å²) in [5, 5.41) is 12.0. The van der Waals surface area contributed by atoms with Crippen LogP contribution in [0.5, 0.6) is 0 Å². The van der Waals surface area contributed by atoms with Gasteiger partial charge in [-0.1, -0.05) is 0 Å². The highest BCUT2D eigenvalue weighted by Gasteiger charge is 2.12. The van der Waals surface area contributed by atoms with Crippen LogP contribution in [0.4, 0.5) is 4.39 Å². The Kier molecular flexibility index (Phi) is 2.37. The van der Waals surface area contributed by atoms with Gasteiger partial charge >= 0.3 is 5.97 Å². The molecule has 0 saturated carbocycles. The quantitative estimate of drug-likeness (QED) is 0.699. The zero-order valence-corrected chi connectivity index (χ0v) is 6.49. The fourth-order valence-corrected chi connectivity index (χ4v) is 0.810. The summed E-state index contributed by atoms with van der Waals surface area (Å²) in [6.45, 7) is -0.564. The number of rotatable bonds is 3. The van der Waals surface area contributed by atoms with E-state index in [9.17, 15) is 9.18 Å². The number of aromatic nitrogens is 3. The molecule has 0 radical (unpaired) electrons.